The molecule has 0 radical (unpaired) electrons. The highest BCUT2D eigenvalue weighted by molar-refractivity contribution is 5.18. The van der Waals surface area contributed by atoms with Gasteiger partial charge in [-0.2, -0.15) is 4.98 Å². The Kier molecular flexibility index (Phi) is 2.50. The third-order valence-corrected chi connectivity index (χ3v) is 5.56. The van der Waals surface area contributed by atoms with Crippen LogP contribution in [0, 0.1) is 11.8 Å². The largest absolute Gasteiger partial charge is 0.347 e. The van der Waals surface area contributed by atoms with E-state index >= 15 is 0 Å². The molecule has 2 aromatic heterocycles. The molecule has 3 aliphatic rings. The normalized spacial score (nSPS) is 34.3. The van der Waals surface area contributed by atoms with E-state index in [9.17, 15) is 0 Å². The summed E-state index contributed by atoms with van der Waals surface area (Å²) in [5.74, 6) is 3.89. The Balaban J connectivity index is 1.37. The van der Waals surface area contributed by atoms with Crippen LogP contribution in [0.4, 0.5) is 0 Å². The summed E-state index contributed by atoms with van der Waals surface area (Å²) in [7, 11) is 0. The molecule has 6 heteroatoms. The van der Waals surface area contributed by atoms with E-state index < -0.39 is 0 Å². The molecule has 21 heavy (non-hydrogen) atoms. The zero-order chi connectivity index (χ0) is 13.8. The van der Waals surface area contributed by atoms with Crippen LogP contribution in [-0.4, -0.2) is 20.1 Å². The summed E-state index contributed by atoms with van der Waals surface area (Å²) in [6, 6.07) is 0.0978. The SMILES string of the molecule is c1nc2c([nH]1)CNC(c1nc(C3CC4CCC3C4)no1)C2. The second-order valence-electron chi connectivity index (χ2n) is 6.74. The summed E-state index contributed by atoms with van der Waals surface area (Å²) in [5.41, 5.74) is 2.28. The Morgan fingerprint density at radius 1 is 1.24 bits per heavy atom. The van der Waals surface area contributed by atoms with Crippen molar-refractivity contribution in [3.63, 3.8) is 0 Å². The number of imidazole rings is 1. The molecule has 2 aliphatic carbocycles. The molecule has 6 nitrogen and oxygen atoms in total. The first-order chi connectivity index (χ1) is 10.4. The molecule has 2 aromatic rings. The Hall–Kier alpha value is -1.69. The van der Waals surface area contributed by atoms with Gasteiger partial charge in [-0.05, 0) is 31.1 Å². The highest BCUT2D eigenvalue weighted by Gasteiger charge is 2.42. The molecule has 1 aliphatic heterocycles. The summed E-state index contributed by atoms with van der Waals surface area (Å²) < 4.78 is 5.55. The summed E-state index contributed by atoms with van der Waals surface area (Å²) in [5, 5.41) is 7.73. The van der Waals surface area contributed by atoms with E-state index in [0.717, 1.165) is 42.2 Å². The van der Waals surface area contributed by atoms with Gasteiger partial charge < -0.3 is 9.51 Å². The van der Waals surface area contributed by atoms with Gasteiger partial charge in [-0.1, -0.05) is 11.6 Å². The van der Waals surface area contributed by atoms with Gasteiger partial charge in [-0.3, -0.25) is 5.32 Å². The smallest absolute Gasteiger partial charge is 0.244 e. The summed E-state index contributed by atoms with van der Waals surface area (Å²) in [4.78, 5) is 12.2. The lowest BCUT2D eigenvalue weighted by molar-refractivity contribution is 0.311. The number of rotatable bonds is 2. The number of hydrogen-bond donors (Lipinski definition) is 2. The molecule has 110 valence electrons. The number of fused-ring (bicyclic) bond motifs is 3. The van der Waals surface area contributed by atoms with Crippen molar-refractivity contribution in [2.45, 2.75) is 50.6 Å². The van der Waals surface area contributed by atoms with E-state index in [4.69, 9.17) is 9.51 Å². The zero-order valence-corrected chi connectivity index (χ0v) is 11.9. The van der Waals surface area contributed by atoms with E-state index in [1.54, 1.807) is 6.33 Å². The molecule has 4 atom stereocenters. The fraction of sp³-hybridized carbons (Fsp3) is 0.667. The van der Waals surface area contributed by atoms with Crippen LogP contribution in [0.15, 0.2) is 10.9 Å². The molecular formula is C15H19N5O. The third kappa shape index (κ3) is 1.85. The monoisotopic (exact) mass is 285 g/mol. The van der Waals surface area contributed by atoms with Gasteiger partial charge in [0.25, 0.3) is 0 Å². The predicted octanol–water partition coefficient (Wildman–Crippen LogP) is 2.08. The number of nitrogens with one attached hydrogen (secondary N) is 2. The minimum Gasteiger partial charge on any atom is -0.347 e. The fourth-order valence-electron chi connectivity index (χ4n) is 4.44. The first-order valence-electron chi connectivity index (χ1n) is 7.95. The van der Waals surface area contributed by atoms with Gasteiger partial charge in [0.1, 0.15) is 0 Å². The Labute approximate surface area is 122 Å². The van der Waals surface area contributed by atoms with Gasteiger partial charge >= 0.3 is 0 Å². The minimum atomic E-state index is 0.0978. The van der Waals surface area contributed by atoms with E-state index in [1.165, 1.54) is 31.4 Å². The van der Waals surface area contributed by atoms with Crippen molar-refractivity contribution in [3.8, 4) is 0 Å². The molecule has 0 amide bonds. The first-order valence-corrected chi connectivity index (χ1v) is 7.95. The molecule has 2 saturated carbocycles. The van der Waals surface area contributed by atoms with Crippen molar-refractivity contribution in [1.82, 2.24) is 25.4 Å². The van der Waals surface area contributed by atoms with E-state index in [-0.39, 0.29) is 6.04 Å². The molecular weight excluding hydrogens is 266 g/mol. The molecule has 4 unspecified atom stereocenters. The van der Waals surface area contributed by atoms with Crippen molar-refractivity contribution in [2.24, 2.45) is 11.8 Å². The van der Waals surface area contributed by atoms with Crippen LogP contribution in [0.25, 0.3) is 0 Å². The Morgan fingerprint density at radius 3 is 3.10 bits per heavy atom. The minimum absolute atomic E-state index is 0.0978. The van der Waals surface area contributed by atoms with Gasteiger partial charge in [-0.25, -0.2) is 4.98 Å². The van der Waals surface area contributed by atoms with Crippen molar-refractivity contribution in [1.29, 1.82) is 0 Å². The summed E-state index contributed by atoms with van der Waals surface area (Å²) >= 11 is 0. The number of aromatic amines is 1. The van der Waals surface area contributed by atoms with Crippen molar-refractivity contribution < 1.29 is 4.52 Å². The van der Waals surface area contributed by atoms with Crippen LogP contribution in [0.5, 0.6) is 0 Å². The molecule has 5 rings (SSSR count). The molecule has 0 aromatic carbocycles. The van der Waals surface area contributed by atoms with E-state index in [2.05, 4.69) is 20.4 Å². The number of hydrogen-bond acceptors (Lipinski definition) is 5. The maximum absolute atomic E-state index is 5.55. The fourth-order valence-corrected chi connectivity index (χ4v) is 4.44. The van der Waals surface area contributed by atoms with Gasteiger partial charge in [0.2, 0.25) is 5.89 Å². The second kappa shape index (κ2) is 4.40. The molecule has 3 heterocycles. The highest BCUT2D eigenvalue weighted by atomic mass is 16.5. The van der Waals surface area contributed by atoms with Crippen molar-refractivity contribution in [3.05, 3.63) is 29.4 Å². The van der Waals surface area contributed by atoms with Gasteiger partial charge in [-0.15, -0.1) is 0 Å². The van der Waals surface area contributed by atoms with Crippen molar-refractivity contribution in [2.75, 3.05) is 0 Å². The predicted molar refractivity (Wildman–Crippen MR) is 74.4 cm³/mol. The molecule has 2 bridgehead atoms. The van der Waals surface area contributed by atoms with Crippen LogP contribution in [-0.2, 0) is 13.0 Å². The van der Waals surface area contributed by atoms with Crippen LogP contribution in [0.1, 0.15) is 60.7 Å². The number of aromatic nitrogens is 4. The maximum atomic E-state index is 5.55. The topological polar surface area (TPSA) is 79.6 Å². The standard InChI is InChI=1S/C15H19N5O/c1-2-9-3-8(1)4-10(9)14-19-15(21-20-14)12-5-11-13(6-16-12)18-7-17-11/h7-10,12,16H,1-6H2,(H,17,18). The quantitative estimate of drug-likeness (QED) is 0.883. The van der Waals surface area contributed by atoms with Crippen LogP contribution in [0.2, 0.25) is 0 Å². The maximum Gasteiger partial charge on any atom is 0.244 e. The Bertz CT molecular complexity index is 663. The molecule has 0 spiro atoms. The molecule has 2 N–H and O–H groups in total. The Morgan fingerprint density at radius 2 is 2.24 bits per heavy atom. The average molecular weight is 285 g/mol. The number of nitrogens with zero attached hydrogens (tertiary/aromatic N) is 3. The second-order valence-corrected chi connectivity index (χ2v) is 6.74. The lowest BCUT2D eigenvalue weighted by Crippen LogP contribution is -2.28. The third-order valence-electron chi connectivity index (χ3n) is 5.56. The van der Waals surface area contributed by atoms with Gasteiger partial charge in [0, 0.05) is 18.9 Å². The van der Waals surface area contributed by atoms with Crippen LogP contribution in [0.3, 0.4) is 0 Å². The van der Waals surface area contributed by atoms with Gasteiger partial charge in [0.05, 0.1) is 23.8 Å². The number of H-pyrrole nitrogens is 1. The molecule has 2 fully saturated rings. The summed E-state index contributed by atoms with van der Waals surface area (Å²) in [6.07, 6.45) is 7.94. The lowest BCUT2D eigenvalue weighted by atomic mass is 9.88. The van der Waals surface area contributed by atoms with Crippen LogP contribution >= 0.6 is 0 Å². The molecule has 0 saturated heterocycles. The lowest BCUT2D eigenvalue weighted by Gasteiger charge is -2.20. The van der Waals surface area contributed by atoms with Gasteiger partial charge in [0.15, 0.2) is 5.82 Å². The highest BCUT2D eigenvalue weighted by Crippen LogP contribution is 2.52. The first kappa shape index (κ1) is 11.9. The van der Waals surface area contributed by atoms with Crippen molar-refractivity contribution >= 4 is 0 Å². The van der Waals surface area contributed by atoms with Crippen LogP contribution < -0.4 is 5.32 Å². The van der Waals surface area contributed by atoms with E-state index in [0.29, 0.717) is 5.92 Å². The zero-order valence-electron chi connectivity index (χ0n) is 11.9. The average Bonchev–Trinajstić information content (AvgIpc) is 3.27. The summed E-state index contributed by atoms with van der Waals surface area (Å²) in [6.45, 7) is 0.784. The van der Waals surface area contributed by atoms with E-state index in [1.807, 2.05) is 0 Å².